The van der Waals surface area contributed by atoms with Gasteiger partial charge >= 0.3 is 5.97 Å². The van der Waals surface area contributed by atoms with Crippen LogP contribution in [0.5, 0.6) is 0 Å². The van der Waals surface area contributed by atoms with Gasteiger partial charge in [-0.05, 0) is 79.2 Å². The first-order chi connectivity index (χ1) is 15.2. The molecule has 162 valence electrons. The second-order valence-electron chi connectivity index (χ2n) is 7.41. The van der Waals surface area contributed by atoms with E-state index in [1.165, 1.54) is 11.0 Å². The minimum absolute atomic E-state index is 0.181. The molecule has 3 aromatic rings. The van der Waals surface area contributed by atoms with Gasteiger partial charge in [-0.15, -0.1) is 0 Å². The first-order valence-electron chi connectivity index (χ1n) is 9.77. The molecule has 0 unspecified atom stereocenters. The van der Waals surface area contributed by atoms with Crippen LogP contribution in [-0.4, -0.2) is 31.7 Å². The van der Waals surface area contributed by atoms with E-state index in [1.807, 2.05) is 30.5 Å². The van der Waals surface area contributed by atoms with Gasteiger partial charge in [0.15, 0.2) is 0 Å². The van der Waals surface area contributed by atoms with E-state index >= 15 is 0 Å². The van der Waals surface area contributed by atoms with E-state index < -0.39 is 5.97 Å². The number of imide groups is 1. The molecule has 0 atom stereocenters. The van der Waals surface area contributed by atoms with E-state index in [-0.39, 0.29) is 23.3 Å². The maximum atomic E-state index is 12.9. The Kier molecular flexibility index (Phi) is 5.95. The molecule has 32 heavy (non-hydrogen) atoms. The molecule has 8 heteroatoms. The zero-order chi connectivity index (χ0) is 23.0. The van der Waals surface area contributed by atoms with Gasteiger partial charge < -0.3 is 9.67 Å². The summed E-state index contributed by atoms with van der Waals surface area (Å²) in [6, 6.07) is 15.6. The SMILES string of the molecule is Cc1cc(/C=C2\SC(=O)N(Cc3ccc(Cl)cc3)C2=O)c(C)n1-c1cccc(C(=O)O)c1. The number of rotatable bonds is 5. The largest absolute Gasteiger partial charge is 0.478 e. The van der Waals surface area contributed by atoms with Crippen molar-refractivity contribution in [2.24, 2.45) is 0 Å². The van der Waals surface area contributed by atoms with E-state index in [1.54, 1.807) is 42.5 Å². The Balaban J connectivity index is 1.63. The number of thioether (sulfide) groups is 1. The lowest BCUT2D eigenvalue weighted by molar-refractivity contribution is -0.123. The molecule has 4 rings (SSSR count). The van der Waals surface area contributed by atoms with Crippen LogP contribution in [-0.2, 0) is 11.3 Å². The Bertz CT molecular complexity index is 1280. The Labute approximate surface area is 194 Å². The molecule has 1 N–H and O–H groups in total. The van der Waals surface area contributed by atoms with Crippen molar-refractivity contribution in [1.82, 2.24) is 9.47 Å². The van der Waals surface area contributed by atoms with Crippen LogP contribution in [0.25, 0.3) is 11.8 Å². The van der Waals surface area contributed by atoms with Gasteiger partial charge in [0.25, 0.3) is 11.1 Å². The highest BCUT2D eigenvalue weighted by Gasteiger charge is 2.35. The van der Waals surface area contributed by atoms with Crippen molar-refractivity contribution in [2.45, 2.75) is 20.4 Å². The zero-order valence-corrected chi connectivity index (χ0v) is 18.9. The van der Waals surface area contributed by atoms with Crippen LogP contribution in [0.1, 0.15) is 32.9 Å². The molecule has 1 aromatic heterocycles. The number of aromatic carboxylic acids is 1. The smallest absolute Gasteiger partial charge is 0.335 e. The number of halogens is 1. The normalized spacial score (nSPS) is 15.1. The highest BCUT2D eigenvalue weighted by Crippen LogP contribution is 2.34. The number of carboxylic acids is 1. The summed E-state index contributed by atoms with van der Waals surface area (Å²) < 4.78 is 1.93. The fraction of sp³-hybridized carbons (Fsp3) is 0.125. The summed E-state index contributed by atoms with van der Waals surface area (Å²) in [7, 11) is 0. The molecule has 0 aliphatic carbocycles. The average Bonchev–Trinajstić information content (AvgIpc) is 3.19. The molecule has 2 heterocycles. The number of carboxylic acid groups (broad SMARTS) is 1. The molecule has 1 aliphatic rings. The van der Waals surface area contributed by atoms with Gasteiger partial charge in [-0.25, -0.2) is 4.79 Å². The number of hydrogen-bond acceptors (Lipinski definition) is 4. The lowest BCUT2D eigenvalue weighted by Crippen LogP contribution is -2.27. The summed E-state index contributed by atoms with van der Waals surface area (Å²) >= 11 is 6.82. The number of nitrogens with zero attached hydrogens (tertiary/aromatic N) is 2. The van der Waals surface area contributed by atoms with Gasteiger partial charge in [0.1, 0.15) is 0 Å². The van der Waals surface area contributed by atoms with Crippen molar-refractivity contribution >= 4 is 46.6 Å². The predicted molar refractivity (Wildman–Crippen MR) is 125 cm³/mol. The van der Waals surface area contributed by atoms with E-state index in [4.69, 9.17) is 11.6 Å². The van der Waals surface area contributed by atoms with Crippen LogP contribution in [0.15, 0.2) is 59.5 Å². The van der Waals surface area contributed by atoms with E-state index in [2.05, 4.69) is 0 Å². The number of carbonyl (C=O) groups excluding carboxylic acids is 2. The second kappa shape index (κ2) is 8.68. The third-order valence-corrected chi connectivity index (χ3v) is 6.40. The first-order valence-corrected chi connectivity index (χ1v) is 11.0. The van der Waals surface area contributed by atoms with Crippen LogP contribution in [0.4, 0.5) is 4.79 Å². The molecule has 1 fully saturated rings. The molecule has 0 spiro atoms. The molecular weight excluding hydrogens is 448 g/mol. The monoisotopic (exact) mass is 466 g/mol. The number of hydrogen-bond donors (Lipinski definition) is 1. The van der Waals surface area contributed by atoms with Gasteiger partial charge in [-0.2, -0.15) is 0 Å². The number of aryl methyl sites for hydroxylation is 1. The maximum Gasteiger partial charge on any atom is 0.335 e. The van der Waals surface area contributed by atoms with Gasteiger partial charge in [0.05, 0.1) is 17.0 Å². The molecule has 6 nitrogen and oxygen atoms in total. The van der Waals surface area contributed by atoms with Crippen LogP contribution in [0.3, 0.4) is 0 Å². The molecule has 0 saturated carbocycles. The van der Waals surface area contributed by atoms with Gasteiger partial charge in [0.2, 0.25) is 0 Å². The van der Waals surface area contributed by atoms with E-state index in [0.717, 1.165) is 40.0 Å². The lowest BCUT2D eigenvalue weighted by Gasteiger charge is -2.12. The minimum Gasteiger partial charge on any atom is -0.478 e. The Hall–Kier alpha value is -3.29. The minimum atomic E-state index is -0.996. The Morgan fingerprint density at radius 2 is 1.81 bits per heavy atom. The highest BCUT2D eigenvalue weighted by atomic mass is 35.5. The Morgan fingerprint density at radius 3 is 2.50 bits per heavy atom. The summed E-state index contributed by atoms with van der Waals surface area (Å²) in [5.74, 6) is -1.34. The van der Waals surface area contributed by atoms with Crippen molar-refractivity contribution in [3.05, 3.63) is 92.6 Å². The quantitative estimate of drug-likeness (QED) is 0.489. The Morgan fingerprint density at radius 1 is 1.09 bits per heavy atom. The van der Waals surface area contributed by atoms with Crippen LogP contribution in [0.2, 0.25) is 5.02 Å². The van der Waals surface area contributed by atoms with Crippen molar-refractivity contribution < 1.29 is 19.5 Å². The first kappa shape index (κ1) is 21.9. The summed E-state index contributed by atoms with van der Waals surface area (Å²) in [5.41, 5.74) is 4.25. The van der Waals surface area contributed by atoms with Crippen molar-refractivity contribution in [3.63, 3.8) is 0 Å². The van der Waals surface area contributed by atoms with Crippen LogP contribution >= 0.6 is 23.4 Å². The van der Waals surface area contributed by atoms with Crippen LogP contribution < -0.4 is 0 Å². The topological polar surface area (TPSA) is 79.6 Å². The van der Waals surface area contributed by atoms with E-state index in [0.29, 0.717) is 9.93 Å². The molecule has 1 aliphatic heterocycles. The number of amides is 2. The fourth-order valence-electron chi connectivity index (χ4n) is 3.66. The number of aromatic nitrogens is 1. The number of benzene rings is 2. The van der Waals surface area contributed by atoms with Gasteiger partial charge in [-0.3, -0.25) is 14.5 Å². The third kappa shape index (κ3) is 4.22. The van der Waals surface area contributed by atoms with Gasteiger partial charge in [-0.1, -0.05) is 29.8 Å². The second-order valence-corrected chi connectivity index (χ2v) is 8.84. The summed E-state index contributed by atoms with van der Waals surface area (Å²) in [5, 5.41) is 9.56. The van der Waals surface area contributed by atoms with Crippen LogP contribution in [0, 0.1) is 13.8 Å². The maximum absolute atomic E-state index is 12.9. The fourth-order valence-corrected chi connectivity index (χ4v) is 4.61. The molecule has 2 aromatic carbocycles. The van der Waals surface area contributed by atoms with Crippen molar-refractivity contribution in [1.29, 1.82) is 0 Å². The lowest BCUT2D eigenvalue weighted by atomic mass is 10.2. The average molecular weight is 467 g/mol. The van der Waals surface area contributed by atoms with Gasteiger partial charge in [0, 0.05) is 22.1 Å². The predicted octanol–water partition coefficient (Wildman–Crippen LogP) is 5.68. The molecule has 0 radical (unpaired) electrons. The number of carbonyl (C=O) groups is 3. The zero-order valence-electron chi connectivity index (χ0n) is 17.3. The third-order valence-electron chi connectivity index (χ3n) is 5.24. The van der Waals surface area contributed by atoms with Crippen molar-refractivity contribution in [2.75, 3.05) is 0 Å². The molecule has 2 amide bonds. The molecular formula is C24H19ClN2O4S. The van der Waals surface area contributed by atoms with E-state index in [9.17, 15) is 19.5 Å². The summed E-state index contributed by atoms with van der Waals surface area (Å²) in [6.45, 7) is 3.98. The van der Waals surface area contributed by atoms with Crippen molar-refractivity contribution in [3.8, 4) is 5.69 Å². The summed E-state index contributed by atoms with van der Waals surface area (Å²) in [4.78, 5) is 38.3. The molecule has 0 bridgehead atoms. The highest BCUT2D eigenvalue weighted by molar-refractivity contribution is 8.18. The molecule has 1 saturated heterocycles. The standard InChI is InChI=1S/C24H19ClN2O4S/c1-14-10-18(15(2)27(14)20-5-3-4-17(11-20)23(29)30)12-21-22(28)26(24(31)32-21)13-16-6-8-19(25)9-7-16/h3-12H,13H2,1-2H3,(H,29,30)/b21-12-. The summed E-state index contributed by atoms with van der Waals surface area (Å²) in [6.07, 6.45) is 1.71.